The zero-order valence-electron chi connectivity index (χ0n) is 12.0. The van der Waals surface area contributed by atoms with Crippen molar-refractivity contribution in [3.05, 3.63) is 34.4 Å². The Morgan fingerprint density at radius 3 is 2.57 bits per heavy atom. The summed E-state index contributed by atoms with van der Waals surface area (Å²) in [4.78, 5) is 14.7. The monoisotopic (exact) mass is 366 g/mol. The number of benzene rings is 1. The molecule has 0 N–H and O–H groups in total. The lowest BCUT2D eigenvalue weighted by Gasteiger charge is -1.96. The van der Waals surface area contributed by atoms with Crippen molar-refractivity contribution in [2.24, 2.45) is 0 Å². The summed E-state index contributed by atoms with van der Waals surface area (Å²) < 4.78 is 10.8. The number of aromatic nitrogens is 3. The standard InChI is InChI=1S/C13H10N4O3S3/c1-21-12-9(13(22-2)23-16-12)11-14-10(15-20-11)7-3-5-8(6-4-7)17(18)19/h3-6H,1-2H3. The highest BCUT2D eigenvalue weighted by atomic mass is 32.2. The summed E-state index contributed by atoms with van der Waals surface area (Å²) in [6.07, 6.45) is 3.91. The first-order valence-corrected chi connectivity index (χ1v) is 9.53. The van der Waals surface area contributed by atoms with Crippen LogP contribution in [-0.2, 0) is 0 Å². The lowest BCUT2D eigenvalue weighted by molar-refractivity contribution is -0.384. The molecule has 23 heavy (non-hydrogen) atoms. The molecule has 0 saturated carbocycles. The van der Waals surface area contributed by atoms with Gasteiger partial charge in [-0.1, -0.05) is 5.16 Å². The van der Waals surface area contributed by atoms with E-state index in [1.807, 2.05) is 12.5 Å². The first-order chi connectivity index (χ1) is 11.1. The normalized spacial score (nSPS) is 10.9. The first-order valence-electron chi connectivity index (χ1n) is 6.30. The van der Waals surface area contributed by atoms with Crippen molar-refractivity contribution in [3.63, 3.8) is 0 Å². The second kappa shape index (κ2) is 6.69. The highest BCUT2D eigenvalue weighted by Gasteiger charge is 2.21. The molecule has 0 aliphatic heterocycles. The molecule has 2 heterocycles. The second-order valence-corrected chi connectivity index (χ2v) is 6.93. The van der Waals surface area contributed by atoms with Crippen LogP contribution in [-0.4, -0.2) is 31.9 Å². The molecule has 0 amide bonds. The summed E-state index contributed by atoms with van der Waals surface area (Å²) >= 11 is 4.49. The maximum Gasteiger partial charge on any atom is 0.269 e. The van der Waals surface area contributed by atoms with Crippen LogP contribution in [0.1, 0.15) is 0 Å². The van der Waals surface area contributed by atoms with Crippen LogP contribution in [0.2, 0.25) is 0 Å². The Kier molecular flexibility index (Phi) is 4.64. The Morgan fingerprint density at radius 1 is 1.22 bits per heavy atom. The fourth-order valence-electron chi connectivity index (χ4n) is 1.89. The summed E-state index contributed by atoms with van der Waals surface area (Å²) in [6.45, 7) is 0. The molecule has 0 saturated heterocycles. The number of non-ortho nitro benzene ring substituents is 1. The Morgan fingerprint density at radius 2 is 1.96 bits per heavy atom. The fraction of sp³-hybridized carbons (Fsp3) is 0.154. The van der Waals surface area contributed by atoms with Crippen LogP contribution >= 0.6 is 35.1 Å². The zero-order valence-corrected chi connectivity index (χ0v) is 14.5. The van der Waals surface area contributed by atoms with E-state index in [4.69, 9.17) is 4.52 Å². The number of nitrogens with zero attached hydrogens (tertiary/aromatic N) is 4. The number of hydrogen-bond acceptors (Lipinski definition) is 9. The summed E-state index contributed by atoms with van der Waals surface area (Å²) in [7, 11) is 0. The summed E-state index contributed by atoms with van der Waals surface area (Å²) in [6, 6.07) is 6.03. The number of hydrogen-bond donors (Lipinski definition) is 0. The van der Waals surface area contributed by atoms with Crippen LogP contribution in [0.25, 0.3) is 22.8 Å². The van der Waals surface area contributed by atoms with Gasteiger partial charge < -0.3 is 4.52 Å². The largest absolute Gasteiger partial charge is 0.333 e. The smallest absolute Gasteiger partial charge is 0.269 e. The van der Waals surface area contributed by atoms with Gasteiger partial charge in [-0.3, -0.25) is 10.1 Å². The Bertz CT molecular complexity index is 823. The SMILES string of the molecule is CSc1nsc(SC)c1-c1nc(-c2ccc([N+](=O)[O-])cc2)no1. The van der Waals surface area contributed by atoms with Gasteiger partial charge in [0.25, 0.3) is 11.6 Å². The van der Waals surface area contributed by atoms with Crippen LogP contribution < -0.4 is 0 Å². The maximum absolute atomic E-state index is 10.7. The van der Waals surface area contributed by atoms with E-state index in [-0.39, 0.29) is 5.69 Å². The van der Waals surface area contributed by atoms with Crippen molar-refractivity contribution in [3.8, 4) is 22.8 Å². The molecule has 0 unspecified atom stereocenters. The molecular formula is C13H10N4O3S3. The third-order valence-corrected chi connectivity index (χ3v) is 5.72. The molecule has 0 aliphatic rings. The van der Waals surface area contributed by atoms with Crippen LogP contribution in [0.3, 0.4) is 0 Å². The van der Waals surface area contributed by atoms with Crippen LogP contribution in [0.15, 0.2) is 38.0 Å². The molecule has 118 valence electrons. The fourth-order valence-corrected chi connectivity index (χ4v) is 4.16. The van der Waals surface area contributed by atoms with Gasteiger partial charge >= 0.3 is 0 Å². The molecule has 0 spiro atoms. The lowest BCUT2D eigenvalue weighted by Crippen LogP contribution is -1.88. The minimum absolute atomic E-state index is 0.0221. The number of rotatable bonds is 5. The average molecular weight is 366 g/mol. The Hall–Kier alpha value is -1.91. The molecule has 0 atom stereocenters. The topological polar surface area (TPSA) is 95.0 Å². The van der Waals surface area contributed by atoms with Gasteiger partial charge in [0, 0.05) is 17.7 Å². The molecule has 0 bridgehead atoms. The minimum atomic E-state index is -0.446. The molecule has 0 aliphatic carbocycles. The van der Waals surface area contributed by atoms with Crippen LogP contribution in [0.5, 0.6) is 0 Å². The van der Waals surface area contributed by atoms with Crippen molar-refractivity contribution in [2.45, 2.75) is 9.24 Å². The van der Waals surface area contributed by atoms with Crippen molar-refractivity contribution in [2.75, 3.05) is 12.5 Å². The molecule has 1 aromatic carbocycles. The van der Waals surface area contributed by atoms with E-state index >= 15 is 0 Å². The third-order valence-electron chi connectivity index (χ3n) is 2.98. The van der Waals surface area contributed by atoms with E-state index in [9.17, 15) is 10.1 Å². The minimum Gasteiger partial charge on any atom is -0.333 e. The first kappa shape index (κ1) is 16.0. The Labute approximate surface area is 143 Å². The van der Waals surface area contributed by atoms with Gasteiger partial charge in [-0.05, 0) is 36.2 Å². The van der Waals surface area contributed by atoms with Gasteiger partial charge in [-0.2, -0.15) is 9.36 Å². The summed E-state index contributed by atoms with van der Waals surface area (Å²) in [5, 5.41) is 15.5. The highest BCUT2D eigenvalue weighted by Crippen LogP contribution is 2.40. The van der Waals surface area contributed by atoms with Crippen molar-refractivity contribution in [1.29, 1.82) is 0 Å². The van der Waals surface area contributed by atoms with Gasteiger partial charge in [-0.15, -0.1) is 23.5 Å². The van der Waals surface area contributed by atoms with E-state index in [2.05, 4.69) is 14.5 Å². The van der Waals surface area contributed by atoms with E-state index in [0.29, 0.717) is 17.3 Å². The van der Waals surface area contributed by atoms with Crippen molar-refractivity contribution < 1.29 is 9.45 Å². The van der Waals surface area contributed by atoms with Gasteiger partial charge in [-0.25, -0.2) is 0 Å². The maximum atomic E-state index is 10.7. The Balaban J connectivity index is 1.97. The molecule has 7 nitrogen and oxygen atoms in total. The number of nitro benzene ring substituents is 1. The van der Waals surface area contributed by atoms with E-state index in [1.54, 1.807) is 23.9 Å². The van der Waals surface area contributed by atoms with Gasteiger partial charge in [0.05, 0.1) is 14.7 Å². The highest BCUT2D eigenvalue weighted by molar-refractivity contribution is 8.01. The molecule has 3 rings (SSSR count). The van der Waals surface area contributed by atoms with Crippen LogP contribution in [0.4, 0.5) is 5.69 Å². The zero-order chi connectivity index (χ0) is 16.4. The number of thioether (sulfide) groups is 2. The van der Waals surface area contributed by atoms with Gasteiger partial charge in [0.2, 0.25) is 5.82 Å². The second-order valence-electron chi connectivity index (χ2n) is 4.29. The van der Waals surface area contributed by atoms with Gasteiger partial charge in [0.1, 0.15) is 5.03 Å². The van der Waals surface area contributed by atoms with Gasteiger partial charge in [0.15, 0.2) is 0 Å². The van der Waals surface area contributed by atoms with Crippen molar-refractivity contribution >= 4 is 40.7 Å². The molecule has 0 fully saturated rings. The van der Waals surface area contributed by atoms with E-state index in [1.165, 1.54) is 35.4 Å². The summed E-state index contributed by atoms with van der Waals surface area (Å²) in [5.74, 6) is 0.793. The van der Waals surface area contributed by atoms with Crippen LogP contribution in [0, 0.1) is 10.1 Å². The predicted octanol–water partition coefficient (Wildman–Crippen LogP) is 4.21. The summed E-state index contributed by atoms with van der Waals surface area (Å²) in [5.41, 5.74) is 1.52. The molecule has 0 radical (unpaired) electrons. The molecular weight excluding hydrogens is 356 g/mol. The quantitative estimate of drug-likeness (QED) is 0.376. The predicted molar refractivity (Wildman–Crippen MR) is 91.1 cm³/mol. The molecule has 2 aromatic heterocycles. The van der Waals surface area contributed by atoms with E-state index < -0.39 is 4.92 Å². The van der Waals surface area contributed by atoms with E-state index in [0.717, 1.165) is 14.8 Å². The molecule has 10 heteroatoms. The lowest BCUT2D eigenvalue weighted by atomic mass is 10.2. The number of nitro groups is 1. The average Bonchev–Trinajstić information content (AvgIpc) is 3.20. The third kappa shape index (κ3) is 3.09. The van der Waals surface area contributed by atoms with Crippen molar-refractivity contribution in [1.82, 2.24) is 14.5 Å². The molecule has 3 aromatic rings.